The summed E-state index contributed by atoms with van der Waals surface area (Å²) < 4.78 is 23.7. The largest absolute Gasteiger partial charge is 0.262 e. The summed E-state index contributed by atoms with van der Waals surface area (Å²) in [6, 6.07) is 5.81. The smallest absolute Gasteiger partial charge is 0.141 e. The highest BCUT2D eigenvalue weighted by molar-refractivity contribution is 4.92. The second-order valence-corrected chi connectivity index (χ2v) is 2.34. The molecule has 2 aromatic rings. The number of nitrogens with zero attached hydrogens (tertiary/aromatic N) is 2. The molecule has 0 unspecified atom stereocenters. The summed E-state index contributed by atoms with van der Waals surface area (Å²) in [5.74, 6) is -0.579. The van der Waals surface area contributed by atoms with Crippen LogP contribution >= 0.6 is 0 Å². The van der Waals surface area contributed by atoms with Gasteiger partial charge in [0.1, 0.15) is 11.6 Å². The molecule has 0 aromatic carbocycles. The van der Waals surface area contributed by atoms with E-state index < -0.39 is 0 Å². The standard InChI is InChI=1S/2C5H4FN.C2H6/c2*6-5-2-1-3-7-4-5;1-2/h2*1-4H;1-2H3. The lowest BCUT2D eigenvalue weighted by Gasteiger charge is -1.78. The first-order valence-electron chi connectivity index (χ1n) is 4.90. The van der Waals surface area contributed by atoms with E-state index in [-0.39, 0.29) is 11.6 Å². The summed E-state index contributed by atoms with van der Waals surface area (Å²) in [6.45, 7) is 4.00. The molecule has 0 saturated heterocycles. The summed E-state index contributed by atoms with van der Waals surface area (Å²) >= 11 is 0. The van der Waals surface area contributed by atoms with Crippen LogP contribution in [-0.2, 0) is 0 Å². The maximum atomic E-state index is 11.8. The molecular formula is C12H14F2N2. The van der Waals surface area contributed by atoms with Crippen LogP contribution in [0.25, 0.3) is 0 Å². The maximum Gasteiger partial charge on any atom is 0.141 e. The Kier molecular flexibility index (Phi) is 8.59. The first kappa shape index (κ1) is 14.2. The van der Waals surface area contributed by atoms with Crippen molar-refractivity contribution in [3.05, 3.63) is 60.7 Å². The summed E-state index contributed by atoms with van der Waals surface area (Å²) in [5, 5.41) is 0. The number of rotatable bonds is 0. The normalized spacial score (nSPS) is 8.00. The Morgan fingerprint density at radius 2 is 1.19 bits per heavy atom. The Balaban J connectivity index is 0.000000244. The summed E-state index contributed by atoms with van der Waals surface area (Å²) in [6.07, 6.45) is 5.40. The molecule has 2 rings (SSSR count). The molecule has 16 heavy (non-hydrogen) atoms. The molecule has 2 aromatic heterocycles. The van der Waals surface area contributed by atoms with Crippen molar-refractivity contribution in [1.82, 2.24) is 9.97 Å². The quantitative estimate of drug-likeness (QED) is 0.684. The summed E-state index contributed by atoms with van der Waals surface area (Å²) in [5.41, 5.74) is 0. The van der Waals surface area contributed by atoms with Crippen LogP contribution in [0.2, 0.25) is 0 Å². The average molecular weight is 224 g/mol. The minimum Gasteiger partial charge on any atom is -0.262 e. The lowest BCUT2D eigenvalue weighted by Crippen LogP contribution is -1.70. The van der Waals surface area contributed by atoms with Gasteiger partial charge in [-0.1, -0.05) is 13.8 Å². The molecule has 0 fully saturated rings. The molecule has 2 heterocycles. The fourth-order valence-corrected chi connectivity index (χ4v) is 0.684. The number of halogens is 2. The fraction of sp³-hybridized carbons (Fsp3) is 0.167. The van der Waals surface area contributed by atoms with Crippen LogP contribution in [0.15, 0.2) is 49.1 Å². The van der Waals surface area contributed by atoms with Gasteiger partial charge in [-0.2, -0.15) is 0 Å². The van der Waals surface area contributed by atoms with E-state index in [0.29, 0.717) is 0 Å². The molecule has 0 saturated carbocycles. The topological polar surface area (TPSA) is 25.8 Å². The van der Waals surface area contributed by atoms with Crippen LogP contribution in [0, 0.1) is 11.6 Å². The van der Waals surface area contributed by atoms with Gasteiger partial charge < -0.3 is 0 Å². The molecule has 0 aliphatic heterocycles. The minimum absolute atomic E-state index is 0.289. The van der Waals surface area contributed by atoms with E-state index in [9.17, 15) is 8.78 Å². The van der Waals surface area contributed by atoms with Crippen LogP contribution in [-0.4, -0.2) is 9.97 Å². The molecule has 0 aliphatic carbocycles. The average Bonchev–Trinajstić information content (AvgIpc) is 2.34. The van der Waals surface area contributed by atoms with Gasteiger partial charge in [-0.05, 0) is 24.3 Å². The monoisotopic (exact) mass is 224 g/mol. The van der Waals surface area contributed by atoms with E-state index in [0.717, 1.165) is 0 Å². The van der Waals surface area contributed by atoms with Gasteiger partial charge in [-0.3, -0.25) is 9.97 Å². The van der Waals surface area contributed by atoms with Gasteiger partial charge in [0, 0.05) is 12.4 Å². The third-order valence-electron chi connectivity index (χ3n) is 1.25. The highest BCUT2D eigenvalue weighted by atomic mass is 19.1. The van der Waals surface area contributed by atoms with Gasteiger partial charge in [-0.15, -0.1) is 0 Å². The lowest BCUT2D eigenvalue weighted by atomic mass is 10.5. The predicted molar refractivity (Wildman–Crippen MR) is 59.7 cm³/mol. The van der Waals surface area contributed by atoms with Crippen LogP contribution in [0.1, 0.15) is 13.8 Å². The van der Waals surface area contributed by atoms with Crippen molar-refractivity contribution >= 4 is 0 Å². The Hall–Kier alpha value is -1.84. The van der Waals surface area contributed by atoms with Crippen molar-refractivity contribution in [3.63, 3.8) is 0 Å². The van der Waals surface area contributed by atoms with Gasteiger partial charge in [0.2, 0.25) is 0 Å². The second kappa shape index (κ2) is 9.71. The number of hydrogen-bond donors (Lipinski definition) is 0. The highest BCUT2D eigenvalue weighted by Gasteiger charge is 1.79. The Morgan fingerprint density at radius 3 is 1.31 bits per heavy atom. The zero-order chi connectivity index (χ0) is 12.2. The summed E-state index contributed by atoms with van der Waals surface area (Å²) in [4.78, 5) is 7.02. The molecule has 0 radical (unpaired) electrons. The molecule has 0 N–H and O–H groups in total. The Bertz CT molecular complexity index is 314. The summed E-state index contributed by atoms with van der Waals surface area (Å²) in [7, 11) is 0. The van der Waals surface area contributed by atoms with Crippen molar-refractivity contribution in [3.8, 4) is 0 Å². The SMILES string of the molecule is CC.Fc1cccnc1.Fc1cccnc1. The van der Waals surface area contributed by atoms with Gasteiger partial charge >= 0.3 is 0 Å². The van der Waals surface area contributed by atoms with Gasteiger partial charge in [0.25, 0.3) is 0 Å². The molecule has 4 heteroatoms. The van der Waals surface area contributed by atoms with E-state index >= 15 is 0 Å². The van der Waals surface area contributed by atoms with E-state index in [1.165, 1.54) is 36.9 Å². The molecule has 86 valence electrons. The zero-order valence-electron chi connectivity index (χ0n) is 9.27. The zero-order valence-corrected chi connectivity index (χ0v) is 9.27. The molecule has 0 aliphatic rings. The Labute approximate surface area is 94.0 Å². The van der Waals surface area contributed by atoms with E-state index in [2.05, 4.69) is 9.97 Å². The van der Waals surface area contributed by atoms with Crippen molar-refractivity contribution < 1.29 is 8.78 Å². The maximum absolute atomic E-state index is 11.8. The van der Waals surface area contributed by atoms with Crippen LogP contribution < -0.4 is 0 Å². The van der Waals surface area contributed by atoms with Gasteiger partial charge in [0.15, 0.2) is 0 Å². The molecule has 0 spiro atoms. The van der Waals surface area contributed by atoms with Crippen molar-refractivity contribution in [2.75, 3.05) is 0 Å². The van der Waals surface area contributed by atoms with E-state index in [1.54, 1.807) is 12.1 Å². The van der Waals surface area contributed by atoms with Crippen molar-refractivity contribution in [2.24, 2.45) is 0 Å². The molecule has 0 amide bonds. The van der Waals surface area contributed by atoms with Gasteiger partial charge in [0.05, 0.1) is 12.4 Å². The highest BCUT2D eigenvalue weighted by Crippen LogP contribution is 1.88. The molecular weight excluding hydrogens is 210 g/mol. The molecule has 0 atom stereocenters. The first-order chi connectivity index (χ1) is 7.79. The van der Waals surface area contributed by atoms with Crippen LogP contribution in [0.4, 0.5) is 8.78 Å². The number of hydrogen-bond acceptors (Lipinski definition) is 2. The van der Waals surface area contributed by atoms with Crippen molar-refractivity contribution in [1.29, 1.82) is 0 Å². The minimum atomic E-state index is -0.289. The van der Waals surface area contributed by atoms with Crippen LogP contribution in [0.5, 0.6) is 0 Å². The fourth-order valence-electron chi connectivity index (χ4n) is 0.684. The third-order valence-corrected chi connectivity index (χ3v) is 1.25. The van der Waals surface area contributed by atoms with E-state index in [1.807, 2.05) is 13.8 Å². The van der Waals surface area contributed by atoms with E-state index in [4.69, 9.17) is 0 Å². The number of pyridine rings is 2. The van der Waals surface area contributed by atoms with Crippen molar-refractivity contribution in [2.45, 2.75) is 13.8 Å². The predicted octanol–water partition coefficient (Wildman–Crippen LogP) is 3.47. The third kappa shape index (κ3) is 7.55. The molecule has 0 bridgehead atoms. The lowest BCUT2D eigenvalue weighted by molar-refractivity contribution is 0.621. The molecule has 2 nitrogen and oxygen atoms in total. The van der Waals surface area contributed by atoms with Crippen LogP contribution in [0.3, 0.4) is 0 Å². The number of aromatic nitrogens is 2. The van der Waals surface area contributed by atoms with Gasteiger partial charge in [-0.25, -0.2) is 8.78 Å². The first-order valence-corrected chi connectivity index (χ1v) is 4.90. The second-order valence-electron chi connectivity index (χ2n) is 2.34. The Morgan fingerprint density at radius 1 is 0.812 bits per heavy atom.